The highest BCUT2D eigenvalue weighted by atomic mass is 35.5. The number of rotatable bonds is 3. The Bertz CT molecular complexity index is 811. The van der Waals surface area contributed by atoms with E-state index in [1.165, 1.54) is 0 Å². The predicted octanol–water partition coefficient (Wildman–Crippen LogP) is 4.20. The number of halogens is 2. The third-order valence-electron chi connectivity index (χ3n) is 3.33. The van der Waals surface area contributed by atoms with Gasteiger partial charge in [0.1, 0.15) is 0 Å². The van der Waals surface area contributed by atoms with Crippen LogP contribution in [0.2, 0.25) is 10.0 Å². The summed E-state index contributed by atoms with van der Waals surface area (Å²) in [5, 5.41) is 10.0. The number of nitrogens with zero attached hydrogens (tertiary/aromatic N) is 3. The van der Waals surface area contributed by atoms with Gasteiger partial charge in [0.2, 0.25) is 0 Å². The maximum Gasteiger partial charge on any atom is 0.157 e. The van der Waals surface area contributed by atoms with Crippen molar-refractivity contribution in [3.63, 3.8) is 0 Å². The predicted molar refractivity (Wildman–Crippen MR) is 87.0 cm³/mol. The fraction of sp³-hybridized carbons (Fsp3) is 0.200. The van der Waals surface area contributed by atoms with Crippen molar-refractivity contribution in [1.29, 1.82) is 0 Å². The molecule has 0 atom stereocenters. The number of aromatic nitrogens is 3. The second-order valence-electron chi connectivity index (χ2n) is 4.90. The van der Waals surface area contributed by atoms with E-state index in [9.17, 15) is 0 Å². The van der Waals surface area contributed by atoms with E-state index in [-0.39, 0.29) is 0 Å². The van der Waals surface area contributed by atoms with E-state index >= 15 is 0 Å². The standard InChI is InChI=1S/C15H14Cl2N4/c1-9-12-5-10(8-19-15(12)21(2)20-9)7-18-14-6-11(16)3-4-13(14)17/h3-6,8,18H,7H2,1-2H3. The molecule has 4 nitrogen and oxygen atoms in total. The smallest absolute Gasteiger partial charge is 0.157 e. The summed E-state index contributed by atoms with van der Waals surface area (Å²) in [6.07, 6.45) is 1.84. The van der Waals surface area contributed by atoms with Crippen LogP contribution in [0.15, 0.2) is 30.5 Å². The third-order valence-corrected chi connectivity index (χ3v) is 3.90. The van der Waals surface area contributed by atoms with Crippen molar-refractivity contribution in [3.8, 4) is 0 Å². The van der Waals surface area contributed by atoms with E-state index < -0.39 is 0 Å². The second kappa shape index (κ2) is 5.54. The lowest BCUT2D eigenvalue weighted by Crippen LogP contribution is -2.01. The molecule has 0 unspecified atom stereocenters. The Morgan fingerprint density at radius 1 is 1.24 bits per heavy atom. The molecule has 0 fully saturated rings. The summed E-state index contributed by atoms with van der Waals surface area (Å²) in [5.74, 6) is 0. The van der Waals surface area contributed by atoms with Gasteiger partial charge in [0.25, 0.3) is 0 Å². The van der Waals surface area contributed by atoms with Crippen molar-refractivity contribution in [2.45, 2.75) is 13.5 Å². The Hall–Kier alpha value is -1.78. The zero-order chi connectivity index (χ0) is 15.0. The molecule has 3 aromatic rings. The van der Waals surface area contributed by atoms with Crippen LogP contribution in [0.25, 0.3) is 11.0 Å². The SMILES string of the molecule is Cc1nn(C)c2ncc(CNc3cc(Cl)ccc3Cl)cc12. The monoisotopic (exact) mass is 320 g/mol. The normalized spacial score (nSPS) is 11.0. The first-order valence-electron chi connectivity index (χ1n) is 6.52. The summed E-state index contributed by atoms with van der Waals surface area (Å²) in [7, 11) is 1.89. The van der Waals surface area contributed by atoms with Crippen molar-refractivity contribution < 1.29 is 0 Å². The van der Waals surface area contributed by atoms with E-state index in [1.54, 1.807) is 16.8 Å². The molecule has 0 amide bonds. The zero-order valence-electron chi connectivity index (χ0n) is 11.7. The first-order chi connectivity index (χ1) is 10.0. The molecule has 6 heteroatoms. The number of pyridine rings is 1. The lowest BCUT2D eigenvalue weighted by atomic mass is 10.2. The van der Waals surface area contributed by atoms with Crippen molar-refractivity contribution in [2.75, 3.05) is 5.32 Å². The number of hydrogen-bond donors (Lipinski definition) is 1. The number of benzene rings is 1. The van der Waals surface area contributed by atoms with Crippen molar-refractivity contribution in [2.24, 2.45) is 7.05 Å². The highest BCUT2D eigenvalue weighted by Gasteiger charge is 2.07. The molecule has 21 heavy (non-hydrogen) atoms. The minimum Gasteiger partial charge on any atom is -0.380 e. The van der Waals surface area contributed by atoms with Crippen molar-refractivity contribution >= 4 is 39.9 Å². The molecule has 0 aliphatic carbocycles. The first kappa shape index (κ1) is 14.2. The van der Waals surface area contributed by atoms with Crippen molar-refractivity contribution in [1.82, 2.24) is 14.8 Å². The molecule has 1 aromatic carbocycles. The third kappa shape index (κ3) is 2.82. The van der Waals surface area contributed by atoms with Gasteiger partial charge in [-0.05, 0) is 36.8 Å². The van der Waals surface area contributed by atoms with E-state index in [4.69, 9.17) is 23.2 Å². The second-order valence-corrected chi connectivity index (χ2v) is 5.75. The molecule has 0 radical (unpaired) electrons. The van der Waals surface area contributed by atoms with Gasteiger partial charge in [0, 0.05) is 30.2 Å². The van der Waals surface area contributed by atoms with Gasteiger partial charge in [-0.1, -0.05) is 23.2 Å². The van der Waals surface area contributed by atoms with Crippen LogP contribution in [0.5, 0.6) is 0 Å². The lowest BCUT2D eigenvalue weighted by Gasteiger charge is -2.09. The summed E-state index contributed by atoms with van der Waals surface area (Å²) in [5.41, 5.74) is 3.74. The minimum atomic E-state index is 0.622. The first-order valence-corrected chi connectivity index (χ1v) is 7.27. The van der Waals surface area contributed by atoms with Gasteiger partial charge in [-0.2, -0.15) is 5.10 Å². The van der Waals surface area contributed by atoms with Crippen LogP contribution in [0.1, 0.15) is 11.3 Å². The van der Waals surface area contributed by atoms with Crippen LogP contribution >= 0.6 is 23.2 Å². The molecular weight excluding hydrogens is 307 g/mol. The number of hydrogen-bond acceptors (Lipinski definition) is 3. The Balaban J connectivity index is 1.85. The molecule has 0 saturated carbocycles. The molecule has 1 N–H and O–H groups in total. The molecular formula is C15H14Cl2N4. The molecule has 0 saturated heterocycles. The Labute approximate surface area is 132 Å². The highest BCUT2D eigenvalue weighted by Crippen LogP contribution is 2.26. The Morgan fingerprint density at radius 3 is 2.86 bits per heavy atom. The minimum absolute atomic E-state index is 0.622. The van der Waals surface area contributed by atoms with Gasteiger partial charge >= 0.3 is 0 Å². The molecule has 2 heterocycles. The van der Waals surface area contributed by atoms with E-state index in [1.807, 2.05) is 26.2 Å². The van der Waals surface area contributed by atoms with Gasteiger partial charge in [-0.15, -0.1) is 0 Å². The van der Waals surface area contributed by atoms with Gasteiger partial charge in [0.15, 0.2) is 5.65 Å². The van der Waals surface area contributed by atoms with E-state index in [0.717, 1.165) is 28.0 Å². The van der Waals surface area contributed by atoms with Gasteiger partial charge < -0.3 is 5.32 Å². The zero-order valence-corrected chi connectivity index (χ0v) is 13.2. The molecule has 0 spiro atoms. The molecule has 0 bridgehead atoms. The molecule has 2 aromatic heterocycles. The summed E-state index contributed by atoms with van der Waals surface area (Å²) in [6.45, 7) is 2.60. The number of aryl methyl sites for hydroxylation is 2. The molecule has 0 aliphatic rings. The average Bonchev–Trinajstić information content (AvgIpc) is 2.75. The fourth-order valence-electron chi connectivity index (χ4n) is 2.28. The summed E-state index contributed by atoms with van der Waals surface area (Å²) in [6, 6.07) is 7.45. The highest BCUT2D eigenvalue weighted by molar-refractivity contribution is 6.35. The molecule has 0 aliphatic heterocycles. The van der Waals surface area contributed by atoms with Crippen LogP contribution in [-0.4, -0.2) is 14.8 Å². The summed E-state index contributed by atoms with van der Waals surface area (Å²) < 4.78 is 1.79. The van der Waals surface area contributed by atoms with Crippen LogP contribution < -0.4 is 5.32 Å². The van der Waals surface area contributed by atoms with Crippen LogP contribution in [0.3, 0.4) is 0 Å². The number of fused-ring (bicyclic) bond motifs is 1. The quantitative estimate of drug-likeness (QED) is 0.786. The molecule has 108 valence electrons. The maximum atomic E-state index is 6.14. The summed E-state index contributed by atoms with van der Waals surface area (Å²) in [4.78, 5) is 4.46. The number of anilines is 1. The van der Waals surface area contributed by atoms with E-state index in [2.05, 4.69) is 21.5 Å². The van der Waals surface area contributed by atoms with Gasteiger partial charge in [0.05, 0.1) is 16.4 Å². The number of nitrogens with one attached hydrogen (secondary N) is 1. The fourth-order valence-corrected chi connectivity index (χ4v) is 2.63. The lowest BCUT2D eigenvalue weighted by molar-refractivity contribution is 0.773. The summed E-state index contributed by atoms with van der Waals surface area (Å²) >= 11 is 12.1. The largest absolute Gasteiger partial charge is 0.380 e. The topological polar surface area (TPSA) is 42.7 Å². The van der Waals surface area contributed by atoms with Crippen LogP contribution in [0.4, 0.5) is 5.69 Å². The van der Waals surface area contributed by atoms with Gasteiger partial charge in [-0.3, -0.25) is 4.68 Å². The van der Waals surface area contributed by atoms with Crippen molar-refractivity contribution in [3.05, 3.63) is 51.8 Å². The average molecular weight is 321 g/mol. The molecule has 3 rings (SSSR count). The van der Waals surface area contributed by atoms with Crippen LogP contribution in [0, 0.1) is 6.92 Å². The van der Waals surface area contributed by atoms with Crippen LogP contribution in [-0.2, 0) is 13.6 Å². The maximum absolute atomic E-state index is 6.14. The van der Waals surface area contributed by atoms with E-state index in [0.29, 0.717) is 16.6 Å². The van der Waals surface area contributed by atoms with Gasteiger partial charge in [-0.25, -0.2) is 4.98 Å². The Morgan fingerprint density at radius 2 is 2.05 bits per heavy atom. The Kier molecular flexibility index (Phi) is 3.74.